The van der Waals surface area contributed by atoms with E-state index in [4.69, 9.17) is 0 Å². The average Bonchev–Trinajstić information content (AvgIpc) is 3.49. The molecule has 0 bridgehead atoms. The Morgan fingerprint density at radius 3 is 2.44 bits per heavy atom. The summed E-state index contributed by atoms with van der Waals surface area (Å²) >= 11 is 0. The number of hydrogen-bond donors (Lipinski definition) is 1. The second-order valence-electron chi connectivity index (χ2n) is 12.3. The zero-order valence-corrected chi connectivity index (χ0v) is 23.9. The Morgan fingerprint density at radius 1 is 0.872 bits per heavy atom. The van der Waals surface area contributed by atoms with Crippen LogP contribution >= 0.6 is 0 Å². The first-order valence-corrected chi connectivity index (χ1v) is 15.9. The number of aromatic nitrogens is 2. The highest BCUT2D eigenvalue weighted by atomic mass is 16.2. The summed E-state index contributed by atoms with van der Waals surface area (Å²) in [7, 11) is 0. The maximum Gasteiger partial charge on any atom is 0.252 e. The summed E-state index contributed by atoms with van der Waals surface area (Å²) in [6.45, 7) is 4.74. The normalized spacial score (nSPS) is 22.8. The standard InChI is InChI=1S/C32H49N5O2/c38-31(27-14-15-30-33-19-23-37(30)24-27)34-18-8-7-10-26-16-21-35(22-17-26)32(39)28-11-9-20-36(25-28)29-12-5-3-1-2-4-6-13-29/h14-15,19,23-24,26,28-29H,1-13,16-18,20-22,25H2,(H,34,38). The fraction of sp³-hybridized carbons (Fsp3) is 0.719. The van der Waals surface area contributed by atoms with Crippen molar-refractivity contribution in [2.24, 2.45) is 11.8 Å². The number of carbonyl (C=O) groups is 2. The Bertz CT molecular complexity index is 1050. The molecule has 2 saturated heterocycles. The zero-order chi connectivity index (χ0) is 26.9. The number of pyridine rings is 1. The van der Waals surface area contributed by atoms with Crippen molar-refractivity contribution >= 4 is 17.5 Å². The largest absolute Gasteiger partial charge is 0.352 e. The van der Waals surface area contributed by atoms with E-state index >= 15 is 0 Å². The molecule has 2 aliphatic heterocycles. The predicted molar refractivity (Wildman–Crippen MR) is 156 cm³/mol. The molecule has 0 radical (unpaired) electrons. The highest BCUT2D eigenvalue weighted by Gasteiger charge is 2.33. The van der Waals surface area contributed by atoms with Crippen molar-refractivity contribution in [3.05, 3.63) is 36.3 Å². The van der Waals surface area contributed by atoms with Gasteiger partial charge in [-0.05, 0) is 69.5 Å². The Labute approximate surface area is 234 Å². The minimum absolute atomic E-state index is 0.0243. The first-order valence-electron chi connectivity index (χ1n) is 15.9. The molecule has 39 heavy (non-hydrogen) atoms. The maximum atomic E-state index is 13.5. The Morgan fingerprint density at radius 2 is 1.64 bits per heavy atom. The van der Waals surface area contributed by atoms with Crippen molar-refractivity contribution < 1.29 is 9.59 Å². The summed E-state index contributed by atoms with van der Waals surface area (Å²) in [5.41, 5.74) is 1.51. The summed E-state index contributed by atoms with van der Waals surface area (Å²) in [5.74, 6) is 1.32. The van der Waals surface area contributed by atoms with Gasteiger partial charge in [0.05, 0.1) is 11.5 Å². The molecule has 3 fully saturated rings. The van der Waals surface area contributed by atoms with Crippen LogP contribution in [-0.4, -0.2) is 69.8 Å². The molecule has 1 saturated carbocycles. The molecule has 1 N–H and O–H groups in total. The number of nitrogens with zero attached hydrogens (tertiary/aromatic N) is 4. The monoisotopic (exact) mass is 535 g/mol. The number of rotatable bonds is 8. The molecule has 0 aromatic carbocycles. The van der Waals surface area contributed by atoms with Gasteiger partial charge in [-0.1, -0.05) is 51.4 Å². The number of fused-ring (bicyclic) bond motifs is 1. The quantitative estimate of drug-likeness (QED) is 0.441. The lowest BCUT2D eigenvalue weighted by molar-refractivity contribution is -0.139. The zero-order valence-electron chi connectivity index (χ0n) is 23.9. The molecule has 4 heterocycles. The number of carbonyl (C=O) groups excluding carboxylic acids is 2. The van der Waals surface area contributed by atoms with E-state index in [1.165, 1.54) is 70.8 Å². The van der Waals surface area contributed by atoms with Crippen LogP contribution in [0.25, 0.3) is 5.65 Å². The number of piperidine rings is 2. The summed E-state index contributed by atoms with van der Waals surface area (Å²) in [6.07, 6.45) is 24.2. The van der Waals surface area contributed by atoms with E-state index in [1.807, 2.05) is 28.9 Å². The van der Waals surface area contributed by atoms with E-state index in [-0.39, 0.29) is 11.8 Å². The fourth-order valence-electron chi connectivity index (χ4n) is 7.13. The second-order valence-corrected chi connectivity index (χ2v) is 12.3. The van der Waals surface area contributed by atoms with Crippen molar-refractivity contribution in [2.45, 2.75) is 102 Å². The van der Waals surface area contributed by atoms with E-state index in [0.29, 0.717) is 30.0 Å². The van der Waals surface area contributed by atoms with E-state index in [2.05, 4.69) is 20.1 Å². The maximum absolute atomic E-state index is 13.5. The summed E-state index contributed by atoms with van der Waals surface area (Å²) in [6, 6.07) is 4.41. The molecule has 1 aliphatic carbocycles. The summed E-state index contributed by atoms with van der Waals surface area (Å²) in [5, 5.41) is 3.06. The molecule has 2 aromatic rings. The van der Waals surface area contributed by atoms with Crippen molar-refractivity contribution in [3.8, 4) is 0 Å². The van der Waals surface area contributed by atoms with Crippen LogP contribution in [-0.2, 0) is 4.79 Å². The van der Waals surface area contributed by atoms with E-state index in [1.54, 1.807) is 6.20 Å². The van der Waals surface area contributed by atoms with Gasteiger partial charge in [-0.25, -0.2) is 4.98 Å². The predicted octanol–water partition coefficient (Wildman–Crippen LogP) is 5.69. The highest BCUT2D eigenvalue weighted by Crippen LogP contribution is 2.29. The van der Waals surface area contributed by atoms with Crippen molar-refractivity contribution in [2.75, 3.05) is 32.7 Å². The van der Waals surface area contributed by atoms with Gasteiger partial charge in [0.15, 0.2) is 0 Å². The Hall–Kier alpha value is -2.41. The lowest BCUT2D eigenvalue weighted by Crippen LogP contribution is -2.49. The lowest BCUT2D eigenvalue weighted by atomic mass is 9.89. The molecule has 3 aliphatic rings. The number of imidazole rings is 1. The van der Waals surface area contributed by atoms with Gasteiger partial charge in [0, 0.05) is 50.8 Å². The van der Waals surface area contributed by atoms with Crippen LogP contribution < -0.4 is 5.32 Å². The minimum Gasteiger partial charge on any atom is -0.352 e. The third kappa shape index (κ3) is 7.84. The fourth-order valence-corrected chi connectivity index (χ4v) is 7.13. The molecule has 2 aromatic heterocycles. The molecule has 2 amide bonds. The van der Waals surface area contributed by atoms with Gasteiger partial charge in [0.2, 0.25) is 5.91 Å². The lowest BCUT2D eigenvalue weighted by Gasteiger charge is -2.41. The van der Waals surface area contributed by atoms with Gasteiger partial charge in [0.25, 0.3) is 5.91 Å². The first-order chi connectivity index (χ1) is 19.2. The molecule has 1 unspecified atom stereocenters. The van der Waals surface area contributed by atoms with Gasteiger partial charge < -0.3 is 14.6 Å². The number of nitrogens with one attached hydrogen (secondary N) is 1. The van der Waals surface area contributed by atoms with Crippen LogP contribution in [0, 0.1) is 11.8 Å². The van der Waals surface area contributed by atoms with Gasteiger partial charge >= 0.3 is 0 Å². The molecule has 1 atom stereocenters. The van der Waals surface area contributed by atoms with E-state index < -0.39 is 0 Å². The summed E-state index contributed by atoms with van der Waals surface area (Å²) < 4.78 is 1.87. The van der Waals surface area contributed by atoms with Gasteiger partial charge in [-0.2, -0.15) is 0 Å². The first kappa shape index (κ1) is 28.1. The van der Waals surface area contributed by atoms with E-state index in [9.17, 15) is 9.59 Å². The van der Waals surface area contributed by atoms with Gasteiger partial charge in [0.1, 0.15) is 5.65 Å². The van der Waals surface area contributed by atoms with Crippen LogP contribution in [0.3, 0.4) is 0 Å². The van der Waals surface area contributed by atoms with Crippen molar-refractivity contribution in [1.82, 2.24) is 24.5 Å². The number of amides is 2. The molecule has 7 heteroatoms. The third-order valence-electron chi connectivity index (χ3n) is 9.54. The van der Waals surface area contributed by atoms with Gasteiger partial charge in [-0.3, -0.25) is 14.5 Å². The van der Waals surface area contributed by atoms with Crippen molar-refractivity contribution in [1.29, 1.82) is 0 Å². The minimum atomic E-state index is -0.0243. The van der Waals surface area contributed by atoms with E-state index in [0.717, 1.165) is 57.4 Å². The van der Waals surface area contributed by atoms with Crippen LogP contribution in [0.4, 0.5) is 0 Å². The van der Waals surface area contributed by atoms with Crippen LogP contribution in [0.5, 0.6) is 0 Å². The average molecular weight is 536 g/mol. The number of hydrogen-bond acceptors (Lipinski definition) is 4. The SMILES string of the molecule is O=C(NCCCCC1CCN(C(=O)C2CCCN(C3CCCCCCCC3)C2)CC1)c1ccc2nccn2c1. The smallest absolute Gasteiger partial charge is 0.252 e. The Balaban J connectivity index is 0.977. The second kappa shape index (κ2) is 14.3. The van der Waals surface area contributed by atoms with Crippen LogP contribution in [0.2, 0.25) is 0 Å². The van der Waals surface area contributed by atoms with Crippen LogP contribution in [0.15, 0.2) is 30.7 Å². The van der Waals surface area contributed by atoms with Crippen LogP contribution in [0.1, 0.15) is 107 Å². The third-order valence-corrected chi connectivity index (χ3v) is 9.54. The van der Waals surface area contributed by atoms with Gasteiger partial charge in [-0.15, -0.1) is 0 Å². The number of unbranched alkanes of at least 4 members (excludes halogenated alkanes) is 1. The summed E-state index contributed by atoms with van der Waals surface area (Å²) in [4.78, 5) is 35.0. The number of likely N-dealkylation sites (tertiary alicyclic amines) is 2. The highest BCUT2D eigenvalue weighted by molar-refractivity contribution is 5.94. The molecular weight excluding hydrogens is 486 g/mol. The molecule has 0 spiro atoms. The van der Waals surface area contributed by atoms with Crippen molar-refractivity contribution in [3.63, 3.8) is 0 Å². The Kier molecular flexibility index (Phi) is 10.3. The molecular formula is C32H49N5O2. The molecule has 214 valence electrons. The molecule has 7 nitrogen and oxygen atoms in total. The topological polar surface area (TPSA) is 70.0 Å². The molecule has 5 rings (SSSR count).